The average molecular weight is 119 g/mol. The SMILES string of the molecule is [c]1nncn2cncc12. The standard InChI is InChI=1S/C5H3N4/c1-5-2-7-8-4-9(5)3-6-1/h1,3-4H. The van der Waals surface area contributed by atoms with Gasteiger partial charge in [-0.3, -0.25) is 4.40 Å². The van der Waals surface area contributed by atoms with E-state index in [-0.39, 0.29) is 0 Å². The van der Waals surface area contributed by atoms with E-state index in [0.29, 0.717) is 0 Å². The maximum atomic E-state index is 3.85. The summed E-state index contributed by atoms with van der Waals surface area (Å²) in [7, 11) is 0. The molecule has 0 aromatic carbocycles. The molecule has 0 aliphatic heterocycles. The molecule has 0 saturated heterocycles. The maximum Gasteiger partial charge on any atom is 0.141 e. The van der Waals surface area contributed by atoms with Crippen LogP contribution in [-0.4, -0.2) is 19.6 Å². The Kier molecular flexibility index (Phi) is 0.745. The molecule has 2 rings (SSSR count). The second kappa shape index (κ2) is 1.51. The average Bonchev–Trinajstić information content (AvgIpc) is 2.33. The molecule has 0 unspecified atom stereocenters. The number of hydrogen-bond acceptors (Lipinski definition) is 3. The Hall–Kier alpha value is -1.45. The van der Waals surface area contributed by atoms with E-state index < -0.39 is 0 Å². The minimum atomic E-state index is 0.838. The Morgan fingerprint density at radius 2 is 2.44 bits per heavy atom. The number of nitrogens with zero attached hydrogens (tertiary/aromatic N) is 4. The van der Waals surface area contributed by atoms with Gasteiger partial charge >= 0.3 is 0 Å². The van der Waals surface area contributed by atoms with E-state index in [1.807, 2.05) is 0 Å². The van der Waals surface area contributed by atoms with Crippen LogP contribution in [0.2, 0.25) is 0 Å². The van der Waals surface area contributed by atoms with E-state index in [0.717, 1.165) is 5.52 Å². The third kappa shape index (κ3) is 0.561. The number of hydrogen-bond donors (Lipinski definition) is 0. The van der Waals surface area contributed by atoms with Gasteiger partial charge < -0.3 is 0 Å². The number of imidazole rings is 1. The normalized spacial score (nSPS) is 10.2. The third-order valence-corrected chi connectivity index (χ3v) is 1.06. The minimum absolute atomic E-state index is 0.838. The van der Waals surface area contributed by atoms with Crippen LogP contribution in [-0.2, 0) is 0 Å². The summed E-state index contributed by atoms with van der Waals surface area (Å²) in [5.74, 6) is 0. The van der Waals surface area contributed by atoms with E-state index in [4.69, 9.17) is 0 Å². The Morgan fingerprint density at radius 1 is 1.44 bits per heavy atom. The fourth-order valence-electron chi connectivity index (χ4n) is 0.645. The predicted molar refractivity (Wildman–Crippen MR) is 29.6 cm³/mol. The molecule has 9 heavy (non-hydrogen) atoms. The van der Waals surface area contributed by atoms with Crippen LogP contribution in [0.1, 0.15) is 0 Å². The van der Waals surface area contributed by atoms with Gasteiger partial charge in [0.25, 0.3) is 0 Å². The van der Waals surface area contributed by atoms with Crippen LogP contribution in [0.3, 0.4) is 0 Å². The molecule has 2 aromatic heterocycles. The molecule has 0 aliphatic rings. The van der Waals surface area contributed by atoms with Gasteiger partial charge in [0.2, 0.25) is 0 Å². The van der Waals surface area contributed by atoms with Gasteiger partial charge in [-0.15, -0.1) is 10.2 Å². The summed E-state index contributed by atoms with van der Waals surface area (Å²) in [4.78, 5) is 3.85. The summed E-state index contributed by atoms with van der Waals surface area (Å²) in [5, 5.41) is 7.15. The zero-order valence-electron chi connectivity index (χ0n) is 4.52. The zero-order chi connectivity index (χ0) is 6.10. The summed E-state index contributed by atoms with van der Waals surface area (Å²) < 4.78 is 1.74. The van der Waals surface area contributed by atoms with E-state index in [1.54, 1.807) is 23.3 Å². The van der Waals surface area contributed by atoms with Crippen molar-refractivity contribution >= 4 is 5.52 Å². The monoisotopic (exact) mass is 119 g/mol. The molecule has 2 aromatic rings. The molecule has 43 valence electrons. The van der Waals surface area contributed by atoms with Crippen molar-refractivity contribution in [3.63, 3.8) is 0 Å². The fourth-order valence-corrected chi connectivity index (χ4v) is 0.645. The quantitative estimate of drug-likeness (QED) is 0.487. The second-order valence-electron chi connectivity index (χ2n) is 1.63. The molecule has 0 aliphatic carbocycles. The van der Waals surface area contributed by atoms with Crippen molar-refractivity contribution in [1.29, 1.82) is 0 Å². The van der Waals surface area contributed by atoms with E-state index in [9.17, 15) is 0 Å². The summed E-state index contributed by atoms with van der Waals surface area (Å²) >= 11 is 0. The predicted octanol–water partition coefficient (Wildman–Crippen LogP) is -0.0755. The summed E-state index contributed by atoms with van der Waals surface area (Å²) in [6, 6.07) is 0. The Labute approximate surface area is 51.2 Å². The van der Waals surface area contributed by atoms with Crippen LogP contribution in [0, 0.1) is 6.20 Å². The zero-order valence-corrected chi connectivity index (χ0v) is 4.52. The first-order chi connectivity index (χ1) is 4.47. The highest BCUT2D eigenvalue weighted by atomic mass is 15.2. The first-order valence-electron chi connectivity index (χ1n) is 2.48. The van der Waals surface area contributed by atoms with Gasteiger partial charge in [0, 0.05) is 0 Å². The first-order valence-corrected chi connectivity index (χ1v) is 2.48. The van der Waals surface area contributed by atoms with Crippen molar-refractivity contribution in [1.82, 2.24) is 19.6 Å². The van der Waals surface area contributed by atoms with Crippen LogP contribution in [0.5, 0.6) is 0 Å². The van der Waals surface area contributed by atoms with Gasteiger partial charge in [0.15, 0.2) is 0 Å². The van der Waals surface area contributed by atoms with Gasteiger partial charge in [-0.2, -0.15) is 0 Å². The van der Waals surface area contributed by atoms with E-state index >= 15 is 0 Å². The summed E-state index contributed by atoms with van der Waals surface area (Å²) in [6.45, 7) is 0. The Morgan fingerprint density at radius 3 is 3.33 bits per heavy atom. The van der Waals surface area contributed by atoms with Crippen LogP contribution in [0.15, 0.2) is 18.9 Å². The fraction of sp³-hybridized carbons (Fsp3) is 0. The van der Waals surface area contributed by atoms with Crippen molar-refractivity contribution < 1.29 is 0 Å². The highest BCUT2D eigenvalue weighted by Crippen LogP contribution is 1.92. The van der Waals surface area contributed by atoms with Gasteiger partial charge in [-0.1, -0.05) is 0 Å². The lowest BCUT2D eigenvalue weighted by atomic mass is 10.6. The van der Waals surface area contributed by atoms with Gasteiger partial charge in [-0.05, 0) is 0 Å². The van der Waals surface area contributed by atoms with Crippen molar-refractivity contribution in [2.24, 2.45) is 0 Å². The molecule has 0 atom stereocenters. The van der Waals surface area contributed by atoms with E-state index in [1.165, 1.54) is 0 Å². The number of rotatable bonds is 0. The highest BCUT2D eigenvalue weighted by Gasteiger charge is 1.88. The minimum Gasteiger partial charge on any atom is -0.286 e. The third-order valence-electron chi connectivity index (χ3n) is 1.06. The lowest BCUT2D eigenvalue weighted by Crippen LogP contribution is -1.85. The van der Waals surface area contributed by atoms with Crippen LogP contribution >= 0.6 is 0 Å². The lowest BCUT2D eigenvalue weighted by Gasteiger charge is -1.83. The first kappa shape index (κ1) is 4.43. The molecular weight excluding hydrogens is 116 g/mol. The summed E-state index contributed by atoms with van der Waals surface area (Å²) in [5.41, 5.74) is 0.838. The van der Waals surface area contributed by atoms with Gasteiger partial charge in [0.05, 0.1) is 11.7 Å². The summed E-state index contributed by atoms with van der Waals surface area (Å²) in [6.07, 6.45) is 7.58. The molecule has 0 bridgehead atoms. The molecule has 4 heteroatoms. The van der Waals surface area contributed by atoms with Crippen LogP contribution in [0.25, 0.3) is 5.52 Å². The lowest BCUT2D eigenvalue weighted by molar-refractivity contribution is 0.939. The maximum absolute atomic E-state index is 3.85. The van der Waals surface area contributed by atoms with Crippen molar-refractivity contribution in [3.05, 3.63) is 25.0 Å². The van der Waals surface area contributed by atoms with Crippen molar-refractivity contribution in [2.75, 3.05) is 0 Å². The highest BCUT2D eigenvalue weighted by molar-refractivity contribution is 5.38. The molecule has 0 fully saturated rings. The Balaban J connectivity index is 2.95. The molecule has 0 saturated carbocycles. The molecule has 4 nitrogen and oxygen atoms in total. The smallest absolute Gasteiger partial charge is 0.141 e. The molecule has 0 N–H and O–H groups in total. The van der Waals surface area contributed by atoms with Crippen molar-refractivity contribution in [2.45, 2.75) is 0 Å². The van der Waals surface area contributed by atoms with Gasteiger partial charge in [0.1, 0.15) is 18.9 Å². The van der Waals surface area contributed by atoms with Crippen LogP contribution in [0.4, 0.5) is 0 Å². The van der Waals surface area contributed by atoms with E-state index in [2.05, 4.69) is 21.4 Å². The van der Waals surface area contributed by atoms with Gasteiger partial charge in [-0.25, -0.2) is 4.98 Å². The molecule has 0 amide bonds. The number of fused-ring (bicyclic) bond motifs is 1. The second-order valence-corrected chi connectivity index (χ2v) is 1.63. The molecule has 2 heterocycles. The molecule has 1 radical (unpaired) electrons. The molecular formula is C5H3N4. The Bertz CT molecular complexity index is 283. The largest absolute Gasteiger partial charge is 0.286 e. The topological polar surface area (TPSA) is 43.1 Å². The van der Waals surface area contributed by atoms with Crippen LogP contribution < -0.4 is 0 Å². The molecule has 0 spiro atoms. The van der Waals surface area contributed by atoms with Crippen molar-refractivity contribution in [3.8, 4) is 0 Å². The number of aromatic nitrogens is 4.